The summed E-state index contributed by atoms with van der Waals surface area (Å²) in [5.74, 6) is -2.65. The maximum Gasteiger partial charge on any atom is 0.267 e. The molecular weight excluding hydrogens is 172 g/mol. The molecule has 1 atom stereocenters. The quantitative estimate of drug-likeness (QED) is 0.666. The van der Waals surface area contributed by atoms with Crippen molar-refractivity contribution in [3.8, 4) is 0 Å². The standard InChI is InChI=1S/C10H21F2N/c1-7-8(13(5)6)10(11,12)9(2,3)4/h8H,7H2,1-6H3/t8-/m1/s1. The van der Waals surface area contributed by atoms with Gasteiger partial charge in [0.25, 0.3) is 5.92 Å². The highest BCUT2D eigenvalue weighted by Crippen LogP contribution is 2.40. The summed E-state index contributed by atoms with van der Waals surface area (Å²) >= 11 is 0. The molecule has 0 aromatic rings. The molecule has 0 unspecified atom stereocenters. The molecule has 0 spiro atoms. The molecule has 80 valence electrons. The van der Waals surface area contributed by atoms with Crippen LogP contribution in [0.3, 0.4) is 0 Å². The zero-order valence-corrected chi connectivity index (χ0v) is 9.49. The van der Waals surface area contributed by atoms with Gasteiger partial charge < -0.3 is 4.90 Å². The smallest absolute Gasteiger partial charge is 0.267 e. The summed E-state index contributed by atoms with van der Waals surface area (Å²) in [4.78, 5) is 1.60. The van der Waals surface area contributed by atoms with Crippen LogP contribution in [0.15, 0.2) is 0 Å². The Morgan fingerprint density at radius 3 is 1.62 bits per heavy atom. The van der Waals surface area contributed by atoms with Crippen LogP contribution in [-0.2, 0) is 0 Å². The number of halogens is 2. The molecule has 0 rings (SSSR count). The molecule has 0 aliphatic rings. The second kappa shape index (κ2) is 3.91. The number of rotatable bonds is 3. The Kier molecular flexibility index (Phi) is 3.85. The largest absolute Gasteiger partial charge is 0.301 e. The Bertz CT molecular complexity index is 159. The summed E-state index contributed by atoms with van der Waals surface area (Å²) in [6.07, 6.45) is 0.470. The van der Waals surface area contributed by atoms with E-state index in [2.05, 4.69) is 0 Å². The van der Waals surface area contributed by atoms with Gasteiger partial charge in [-0.3, -0.25) is 0 Å². The number of hydrogen-bond acceptors (Lipinski definition) is 1. The van der Waals surface area contributed by atoms with E-state index in [0.29, 0.717) is 6.42 Å². The third-order valence-electron chi connectivity index (χ3n) is 2.43. The molecule has 0 N–H and O–H groups in total. The third kappa shape index (κ3) is 2.63. The Balaban J connectivity index is 4.78. The van der Waals surface area contributed by atoms with Crippen LogP contribution >= 0.6 is 0 Å². The molecule has 0 amide bonds. The molecule has 0 aromatic carbocycles. The van der Waals surface area contributed by atoms with E-state index in [4.69, 9.17) is 0 Å². The van der Waals surface area contributed by atoms with E-state index in [0.717, 1.165) is 0 Å². The van der Waals surface area contributed by atoms with Gasteiger partial charge in [-0.2, -0.15) is 0 Å². The predicted molar refractivity (Wildman–Crippen MR) is 52.2 cm³/mol. The fourth-order valence-electron chi connectivity index (χ4n) is 1.45. The van der Waals surface area contributed by atoms with Crippen molar-refractivity contribution in [2.45, 2.75) is 46.1 Å². The van der Waals surface area contributed by atoms with Crippen LogP contribution < -0.4 is 0 Å². The Morgan fingerprint density at radius 1 is 1.15 bits per heavy atom. The molecule has 3 heteroatoms. The highest BCUT2D eigenvalue weighted by Gasteiger charge is 2.49. The van der Waals surface area contributed by atoms with Crippen molar-refractivity contribution in [1.29, 1.82) is 0 Å². The van der Waals surface area contributed by atoms with E-state index >= 15 is 0 Å². The van der Waals surface area contributed by atoms with E-state index in [1.54, 1.807) is 46.7 Å². The van der Waals surface area contributed by atoms with Gasteiger partial charge in [0, 0.05) is 5.41 Å². The molecule has 0 aliphatic heterocycles. The van der Waals surface area contributed by atoms with E-state index < -0.39 is 17.4 Å². The lowest BCUT2D eigenvalue weighted by Gasteiger charge is -2.39. The topological polar surface area (TPSA) is 3.24 Å². The number of alkyl halides is 2. The van der Waals surface area contributed by atoms with Crippen LogP contribution in [0.25, 0.3) is 0 Å². The van der Waals surface area contributed by atoms with Crippen molar-refractivity contribution in [3.05, 3.63) is 0 Å². The molecule has 0 heterocycles. The summed E-state index contributed by atoms with van der Waals surface area (Å²) in [6, 6.07) is -0.674. The molecule has 0 saturated carbocycles. The normalized spacial score (nSPS) is 16.4. The minimum atomic E-state index is -2.65. The zero-order valence-electron chi connectivity index (χ0n) is 9.49. The summed E-state index contributed by atoms with van der Waals surface area (Å²) in [5.41, 5.74) is -0.974. The van der Waals surface area contributed by atoms with Crippen molar-refractivity contribution in [3.63, 3.8) is 0 Å². The van der Waals surface area contributed by atoms with Crippen LogP contribution in [0.4, 0.5) is 8.78 Å². The maximum absolute atomic E-state index is 13.8. The van der Waals surface area contributed by atoms with E-state index in [9.17, 15) is 8.78 Å². The zero-order chi connectivity index (χ0) is 10.9. The first-order valence-corrected chi connectivity index (χ1v) is 4.68. The molecule has 0 aliphatic carbocycles. The van der Waals surface area contributed by atoms with Crippen LogP contribution in [0, 0.1) is 5.41 Å². The average Bonchev–Trinajstić information content (AvgIpc) is 1.83. The third-order valence-corrected chi connectivity index (χ3v) is 2.43. The summed E-state index contributed by atoms with van der Waals surface area (Å²) in [5, 5.41) is 0. The molecule has 0 bridgehead atoms. The van der Waals surface area contributed by atoms with Crippen molar-refractivity contribution >= 4 is 0 Å². The van der Waals surface area contributed by atoms with E-state index in [-0.39, 0.29) is 0 Å². The van der Waals surface area contributed by atoms with Crippen LogP contribution in [0.2, 0.25) is 0 Å². The van der Waals surface area contributed by atoms with Gasteiger partial charge in [-0.25, -0.2) is 8.78 Å². The van der Waals surface area contributed by atoms with Gasteiger partial charge in [0.1, 0.15) is 0 Å². The fraction of sp³-hybridized carbons (Fsp3) is 1.00. The Morgan fingerprint density at radius 2 is 1.54 bits per heavy atom. The molecule has 0 saturated heterocycles. The molecule has 0 radical (unpaired) electrons. The lowest BCUT2D eigenvalue weighted by Crippen LogP contribution is -2.51. The summed E-state index contributed by atoms with van der Waals surface area (Å²) in [7, 11) is 3.40. The number of hydrogen-bond donors (Lipinski definition) is 0. The monoisotopic (exact) mass is 193 g/mol. The first kappa shape index (κ1) is 12.8. The number of nitrogens with zero attached hydrogens (tertiary/aromatic N) is 1. The highest BCUT2D eigenvalue weighted by atomic mass is 19.3. The van der Waals surface area contributed by atoms with Gasteiger partial charge >= 0.3 is 0 Å². The molecule has 0 fully saturated rings. The first-order valence-electron chi connectivity index (χ1n) is 4.68. The van der Waals surface area contributed by atoms with Crippen LogP contribution in [0.1, 0.15) is 34.1 Å². The van der Waals surface area contributed by atoms with Gasteiger partial charge in [0.2, 0.25) is 0 Å². The molecule has 0 aromatic heterocycles. The molecular formula is C10H21F2N. The highest BCUT2D eigenvalue weighted by molar-refractivity contribution is 4.91. The van der Waals surface area contributed by atoms with E-state index in [1.165, 1.54) is 0 Å². The second-order valence-electron chi connectivity index (χ2n) is 4.76. The van der Waals surface area contributed by atoms with Crippen molar-refractivity contribution in [2.24, 2.45) is 5.41 Å². The molecule has 1 nitrogen and oxygen atoms in total. The SMILES string of the molecule is CC[C@@H](N(C)C)C(F)(F)C(C)(C)C. The minimum Gasteiger partial charge on any atom is -0.301 e. The van der Waals surface area contributed by atoms with Crippen molar-refractivity contribution in [1.82, 2.24) is 4.90 Å². The van der Waals surface area contributed by atoms with E-state index in [1.807, 2.05) is 0 Å². The minimum absolute atomic E-state index is 0.470. The van der Waals surface area contributed by atoms with Gasteiger partial charge in [0.15, 0.2) is 0 Å². The van der Waals surface area contributed by atoms with Crippen LogP contribution in [0.5, 0.6) is 0 Å². The van der Waals surface area contributed by atoms with Crippen molar-refractivity contribution in [2.75, 3.05) is 14.1 Å². The lowest BCUT2D eigenvalue weighted by molar-refractivity contribution is -0.147. The summed E-state index contributed by atoms with van der Waals surface area (Å²) < 4.78 is 27.6. The Labute approximate surface area is 80.1 Å². The van der Waals surface area contributed by atoms with Crippen molar-refractivity contribution < 1.29 is 8.78 Å². The molecule has 13 heavy (non-hydrogen) atoms. The van der Waals surface area contributed by atoms with Gasteiger partial charge in [-0.05, 0) is 20.5 Å². The fourth-order valence-corrected chi connectivity index (χ4v) is 1.45. The van der Waals surface area contributed by atoms with Gasteiger partial charge in [-0.15, -0.1) is 0 Å². The first-order chi connectivity index (χ1) is 5.64. The van der Waals surface area contributed by atoms with Gasteiger partial charge in [-0.1, -0.05) is 27.7 Å². The lowest BCUT2D eigenvalue weighted by atomic mass is 9.82. The second-order valence-corrected chi connectivity index (χ2v) is 4.76. The van der Waals surface area contributed by atoms with Gasteiger partial charge in [0.05, 0.1) is 6.04 Å². The maximum atomic E-state index is 13.8. The summed E-state index contributed by atoms with van der Waals surface area (Å²) in [6.45, 7) is 6.54. The Hall–Kier alpha value is -0.180. The van der Waals surface area contributed by atoms with Crippen LogP contribution in [-0.4, -0.2) is 31.0 Å². The average molecular weight is 193 g/mol. The predicted octanol–water partition coefficient (Wildman–Crippen LogP) is 3.01.